The Morgan fingerprint density at radius 2 is 1.77 bits per heavy atom. The first-order chi connectivity index (χ1) is 14.7. The summed E-state index contributed by atoms with van der Waals surface area (Å²) >= 11 is 0. The summed E-state index contributed by atoms with van der Waals surface area (Å²) in [6, 6.07) is 20.2. The van der Waals surface area contributed by atoms with Gasteiger partial charge in [0.25, 0.3) is 5.91 Å². The van der Waals surface area contributed by atoms with Crippen molar-refractivity contribution in [2.45, 2.75) is 25.9 Å². The largest absolute Gasteiger partial charge is 0.450 e. The van der Waals surface area contributed by atoms with E-state index in [1.54, 1.807) is 17.2 Å². The molecule has 148 valence electrons. The molecule has 3 heterocycles. The molecule has 2 aromatic heterocycles. The number of fused-ring (bicyclic) bond motifs is 2. The molecule has 0 bridgehead atoms. The summed E-state index contributed by atoms with van der Waals surface area (Å²) in [5, 5.41) is 0.503. The van der Waals surface area contributed by atoms with E-state index in [1.165, 1.54) is 0 Å². The Morgan fingerprint density at radius 1 is 0.967 bits per heavy atom. The Labute approximate surface area is 173 Å². The topological polar surface area (TPSA) is 63.4 Å². The van der Waals surface area contributed by atoms with Crippen LogP contribution in [-0.2, 0) is 13.0 Å². The van der Waals surface area contributed by atoms with Gasteiger partial charge in [-0.25, -0.2) is 0 Å². The molecule has 5 heteroatoms. The normalized spacial score (nSPS) is 15.6. The van der Waals surface area contributed by atoms with Crippen LogP contribution < -0.4 is 5.43 Å². The predicted molar refractivity (Wildman–Crippen MR) is 114 cm³/mol. The van der Waals surface area contributed by atoms with Crippen molar-refractivity contribution in [2.75, 3.05) is 0 Å². The number of carbonyl (C=O) groups excluding carboxylic acids is 1. The summed E-state index contributed by atoms with van der Waals surface area (Å²) < 4.78 is 6.00. The molecule has 30 heavy (non-hydrogen) atoms. The van der Waals surface area contributed by atoms with E-state index in [2.05, 4.69) is 4.98 Å². The van der Waals surface area contributed by atoms with E-state index in [0.717, 1.165) is 17.5 Å². The smallest absolute Gasteiger partial charge is 0.291 e. The number of nitrogens with zero attached hydrogens (tertiary/aromatic N) is 2. The molecule has 1 aliphatic heterocycles. The standard InChI is InChI=1S/C25H20N2O3/c1-2-16-11-12-20-18(14-16)23(28)21-22(19-10-6-7-13-26-19)27(25(29)24(21)30-20)15-17-8-4-3-5-9-17/h3-14,22H,2,15H2,1H3. The number of pyridine rings is 1. The molecule has 0 fully saturated rings. The minimum atomic E-state index is -0.583. The van der Waals surface area contributed by atoms with Gasteiger partial charge in [0.2, 0.25) is 5.76 Å². The van der Waals surface area contributed by atoms with E-state index >= 15 is 0 Å². The van der Waals surface area contributed by atoms with Crippen LogP contribution in [0.4, 0.5) is 0 Å². The summed E-state index contributed by atoms with van der Waals surface area (Å²) in [6.07, 6.45) is 2.49. The highest BCUT2D eigenvalue weighted by Crippen LogP contribution is 2.38. The second kappa shape index (κ2) is 7.26. The summed E-state index contributed by atoms with van der Waals surface area (Å²) in [5.74, 6) is -0.175. The highest BCUT2D eigenvalue weighted by Gasteiger charge is 2.43. The molecule has 5 rings (SSSR count). The fraction of sp³-hybridized carbons (Fsp3) is 0.160. The first kappa shape index (κ1) is 18.3. The third kappa shape index (κ3) is 2.90. The zero-order chi connectivity index (χ0) is 20.7. The molecule has 1 amide bonds. The van der Waals surface area contributed by atoms with Crippen LogP contribution in [0.15, 0.2) is 82.1 Å². The Balaban J connectivity index is 1.73. The van der Waals surface area contributed by atoms with Crippen LogP contribution in [0.25, 0.3) is 11.0 Å². The fourth-order valence-electron chi connectivity index (χ4n) is 4.08. The van der Waals surface area contributed by atoms with Gasteiger partial charge in [-0.05, 0) is 41.8 Å². The van der Waals surface area contributed by atoms with Gasteiger partial charge in [-0.2, -0.15) is 0 Å². The van der Waals surface area contributed by atoms with Gasteiger partial charge in [0.15, 0.2) is 5.43 Å². The lowest BCUT2D eigenvalue weighted by molar-refractivity contribution is 0.0712. The number of carbonyl (C=O) groups is 1. The molecule has 0 radical (unpaired) electrons. The van der Waals surface area contributed by atoms with Gasteiger partial charge in [-0.15, -0.1) is 0 Å². The van der Waals surface area contributed by atoms with Gasteiger partial charge in [0.05, 0.1) is 16.6 Å². The zero-order valence-electron chi connectivity index (χ0n) is 16.5. The van der Waals surface area contributed by atoms with E-state index in [9.17, 15) is 9.59 Å². The van der Waals surface area contributed by atoms with Crippen molar-refractivity contribution in [3.05, 3.63) is 111 Å². The van der Waals surface area contributed by atoms with E-state index in [1.807, 2.05) is 67.6 Å². The van der Waals surface area contributed by atoms with Crippen LogP contribution in [0, 0.1) is 0 Å². The lowest BCUT2D eigenvalue weighted by Crippen LogP contribution is -2.29. The highest BCUT2D eigenvalue weighted by molar-refractivity contribution is 5.99. The van der Waals surface area contributed by atoms with Gasteiger partial charge >= 0.3 is 0 Å². The van der Waals surface area contributed by atoms with Crippen LogP contribution in [0.3, 0.4) is 0 Å². The van der Waals surface area contributed by atoms with Crippen molar-refractivity contribution in [1.29, 1.82) is 0 Å². The highest BCUT2D eigenvalue weighted by atomic mass is 16.3. The van der Waals surface area contributed by atoms with Crippen molar-refractivity contribution >= 4 is 16.9 Å². The number of benzene rings is 2. The van der Waals surface area contributed by atoms with Gasteiger partial charge < -0.3 is 9.32 Å². The summed E-state index contributed by atoms with van der Waals surface area (Å²) in [7, 11) is 0. The van der Waals surface area contributed by atoms with Gasteiger partial charge in [0, 0.05) is 12.7 Å². The fourth-order valence-corrected chi connectivity index (χ4v) is 4.08. The second-order valence-electron chi connectivity index (χ2n) is 7.43. The number of aryl methyl sites for hydroxylation is 1. The molecule has 5 nitrogen and oxygen atoms in total. The minimum Gasteiger partial charge on any atom is -0.450 e. The number of rotatable bonds is 4. The third-order valence-corrected chi connectivity index (χ3v) is 5.60. The van der Waals surface area contributed by atoms with Crippen LogP contribution in [-0.4, -0.2) is 15.8 Å². The van der Waals surface area contributed by atoms with E-state index in [0.29, 0.717) is 28.8 Å². The Bertz CT molecular complexity index is 1300. The monoisotopic (exact) mass is 396 g/mol. The van der Waals surface area contributed by atoms with Crippen molar-refractivity contribution in [3.8, 4) is 0 Å². The van der Waals surface area contributed by atoms with E-state index in [4.69, 9.17) is 4.42 Å². The van der Waals surface area contributed by atoms with Crippen LogP contribution in [0.2, 0.25) is 0 Å². The molecular formula is C25H20N2O3. The third-order valence-electron chi connectivity index (χ3n) is 5.60. The molecule has 0 saturated carbocycles. The molecule has 0 spiro atoms. The van der Waals surface area contributed by atoms with E-state index < -0.39 is 6.04 Å². The van der Waals surface area contributed by atoms with Crippen molar-refractivity contribution in [3.63, 3.8) is 0 Å². The lowest BCUT2D eigenvalue weighted by atomic mass is 10.0. The number of hydrogen-bond donors (Lipinski definition) is 0. The maximum absolute atomic E-state index is 13.5. The molecule has 2 aromatic carbocycles. The Hall–Kier alpha value is -3.73. The second-order valence-corrected chi connectivity index (χ2v) is 7.43. The lowest BCUT2D eigenvalue weighted by Gasteiger charge is -2.24. The Kier molecular flexibility index (Phi) is 4.43. The first-order valence-corrected chi connectivity index (χ1v) is 10.0. The molecule has 0 N–H and O–H groups in total. The van der Waals surface area contributed by atoms with Crippen LogP contribution in [0.1, 0.15) is 45.9 Å². The zero-order valence-corrected chi connectivity index (χ0v) is 16.5. The molecule has 4 aromatic rings. The summed E-state index contributed by atoms with van der Waals surface area (Å²) in [6.45, 7) is 2.40. The molecule has 1 aliphatic rings. The predicted octanol–water partition coefficient (Wildman–Crippen LogP) is 4.50. The molecule has 0 aliphatic carbocycles. The molecule has 0 saturated heterocycles. The Morgan fingerprint density at radius 3 is 2.50 bits per heavy atom. The number of aromatic nitrogens is 1. The van der Waals surface area contributed by atoms with Gasteiger partial charge in [-0.3, -0.25) is 14.6 Å². The van der Waals surface area contributed by atoms with Gasteiger partial charge in [-0.1, -0.05) is 49.4 Å². The number of hydrogen-bond acceptors (Lipinski definition) is 4. The van der Waals surface area contributed by atoms with Crippen LogP contribution in [0.5, 0.6) is 0 Å². The average molecular weight is 396 g/mol. The maximum Gasteiger partial charge on any atom is 0.291 e. The first-order valence-electron chi connectivity index (χ1n) is 10.0. The van der Waals surface area contributed by atoms with Crippen molar-refractivity contribution in [1.82, 2.24) is 9.88 Å². The maximum atomic E-state index is 13.5. The molecule has 1 unspecified atom stereocenters. The SMILES string of the molecule is CCc1ccc2oc3c(c(=O)c2c1)C(c1ccccn1)N(Cc1ccccc1)C3=O. The van der Waals surface area contributed by atoms with Crippen molar-refractivity contribution < 1.29 is 9.21 Å². The minimum absolute atomic E-state index is 0.114. The van der Waals surface area contributed by atoms with Crippen molar-refractivity contribution in [2.24, 2.45) is 0 Å². The average Bonchev–Trinajstić information content (AvgIpc) is 3.07. The quantitative estimate of drug-likeness (QED) is 0.510. The van der Waals surface area contributed by atoms with E-state index in [-0.39, 0.29) is 17.1 Å². The van der Waals surface area contributed by atoms with Crippen LogP contribution >= 0.6 is 0 Å². The summed E-state index contributed by atoms with van der Waals surface area (Å²) in [4.78, 5) is 33.1. The number of amides is 1. The molecular weight excluding hydrogens is 376 g/mol. The van der Waals surface area contributed by atoms with Gasteiger partial charge in [0.1, 0.15) is 11.6 Å². The summed E-state index contributed by atoms with van der Waals surface area (Å²) in [5.41, 5.74) is 3.32. The molecule has 1 atom stereocenters.